The van der Waals surface area contributed by atoms with E-state index in [9.17, 15) is 0 Å². The molecule has 20 heavy (non-hydrogen) atoms. The minimum Gasteiger partial charge on any atom is -0.494 e. The second-order valence-electron chi connectivity index (χ2n) is 5.01. The molecular weight excluding hydrogens is 254 g/mol. The lowest BCUT2D eigenvalue weighted by Gasteiger charge is -2.20. The van der Waals surface area contributed by atoms with Gasteiger partial charge in [0, 0.05) is 26.7 Å². The Morgan fingerprint density at radius 1 is 1.05 bits per heavy atom. The van der Waals surface area contributed by atoms with E-state index in [-0.39, 0.29) is 6.61 Å². The summed E-state index contributed by atoms with van der Waals surface area (Å²) in [6.07, 6.45) is 0.941. The van der Waals surface area contributed by atoms with Crippen molar-refractivity contribution in [3.05, 3.63) is 29.3 Å². The van der Waals surface area contributed by atoms with Crippen LogP contribution in [0, 0.1) is 13.8 Å². The van der Waals surface area contributed by atoms with Gasteiger partial charge < -0.3 is 14.6 Å². The van der Waals surface area contributed by atoms with E-state index in [1.54, 1.807) is 7.11 Å². The van der Waals surface area contributed by atoms with Gasteiger partial charge in [-0.3, -0.25) is 4.90 Å². The number of hydrogen-bond donors (Lipinski definition) is 1. The molecule has 4 heteroatoms. The fourth-order valence-electron chi connectivity index (χ4n) is 1.98. The van der Waals surface area contributed by atoms with Crippen LogP contribution in [0.3, 0.4) is 0 Å². The fourth-order valence-corrected chi connectivity index (χ4v) is 1.98. The quantitative estimate of drug-likeness (QED) is 0.666. The maximum Gasteiger partial charge on any atom is 0.119 e. The molecule has 1 N–H and O–H groups in total. The summed E-state index contributed by atoms with van der Waals surface area (Å²) in [7, 11) is 1.69. The fraction of sp³-hybridized carbons (Fsp3) is 0.625. The molecule has 0 saturated carbocycles. The minimum atomic E-state index is 0.182. The van der Waals surface area contributed by atoms with Crippen molar-refractivity contribution < 1.29 is 14.6 Å². The lowest BCUT2D eigenvalue weighted by molar-refractivity contribution is 0.126. The molecule has 0 aliphatic heterocycles. The van der Waals surface area contributed by atoms with Crippen LogP contribution >= 0.6 is 0 Å². The van der Waals surface area contributed by atoms with E-state index < -0.39 is 0 Å². The van der Waals surface area contributed by atoms with Gasteiger partial charge in [0.25, 0.3) is 0 Å². The highest BCUT2D eigenvalue weighted by atomic mass is 16.5. The number of aliphatic hydroxyl groups is 1. The Bertz CT molecular complexity index is 382. The van der Waals surface area contributed by atoms with E-state index >= 15 is 0 Å². The standard InChI is InChI=1S/C16H27NO3/c1-14-5-6-16(13-15(14)2)20-11-4-7-17(8-10-18)9-12-19-3/h5-6,13,18H,4,7-12H2,1-3H3. The van der Waals surface area contributed by atoms with Crippen LogP contribution in [0.2, 0.25) is 0 Å². The molecule has 0 fully saturated rings. The van der Waals surface area contributed by atoms with E-state index in [1.807, 2.05) is 6.07 Å². The Hall–Kier alpha value is -1.10. The predicted molar refractivity (Wildman–Crippen MR) is 81.4 cm³/mol. The van der Waals surface area contributed by atoms with Crippen molar-refractivity contribution in [1.29, 1.82) is 0 Å². The molecule has 0 saturated heterocycles. The lowest BCUT2D eigenvalue weighted by atomic mass is 10.1. The average molecular weight is 281 g/mol. The number of aryl methyl sites for hydroxylation is 2. The van der Waals surface area contributed by atoms with Crippen molar-refractivity contribution in [1.82, 2.24) is 4.90 Å². The Balaban J connectivity index is 2.26. The number of hydrogen-bond acceptors (Lipinski definition) is 4. The highest BCUT2D eigenvalue weighted by Gasteiger charge is 2.04. The molecule has 1 aromatic rings. The summed E-state index contributed by atoms with van der Waals surface area (Å²) in [6, 6.07) is 6.17. The summed E-state index contributed by atoms with van der Waals surface area (Å²) < 4.78 is 10.8. The van der Waals surface area contributed by atoms with Gasteiger partial charge in [0.05, 0.1) is 19.8 Å². The predicted octanol–water partition coefficient (Wildman–Crippen LogP) is 2.01. The molecule has 0 atom stereocenters. The largest absolute Gasteiger partial charge is 0.494 e. The summed E-state index contributed by atoms with van der Waals surface area (Å²) >= 11 is 0. The SMILES string of the molecule is COCCN(CCO)CCCOc1ccc(C)c(C)c1. The Morgan fingerprint density at radius 2 is 1.85 bits per heavy atom. The third kappa shape index (κ3) is 6.37. The molecule has 0 amide bonds. The van der Waals surface area contributed by atoms with Crippen molar-refractivity contribution in [2.24, 2.45) is 0 Å². The van der Waals surface area contributed by atoms with Crippen LogP contribution in [0.15, 0.2) is 18.2 Å². The van der Waals surface area contributed by atoms with Crippen LogP contribution in [-0.2, 0) is 4.74 Å². The molecule has 0 unspecified atom stereocenters. The maximum absolute atomic E-state index is 9.01. The average Bonchev–Trinajstić information content (AvgIpc) is 2.44. The van der Waals surface area contributed by atoms with Crippen molar-refractivity contribution >= 4 is 0 Å². The van der Waals surface area contributed by atoms with Crippen molar-refractivity contribution in [3.8, 4) is 5.75 Å². The first-order valence-corrected chi connectivity index (χ1v) is 7.19. The molecule has 4 nitrogen and oxygen atoms in total. The molecule has 0 aliphatic rings. The zero-order valence-corrected chi connectivity index (χ0v) is 12.9. The molecule has 0 heterocycles. The molecule has 0 aromatic heterocycles. The number of ether oxygens (including phenoxy) is 2. The van der Waals surface area contributed by atoms with Gasteiger partial charge in [0.1, 0.15) is 5.75 Å². The number of nitrogens with zero attached hydrogens (tertiary/aromatic N) is 1. The van der Waals surface area contributed by atoms with Crippen molar-refractivity contribution in [2.75, 3.05) is 46.6 Å². The van der Waals surface area contributed by atoms with E-state index in [0.29, 0.717) is 19.8 Å². The monoisotopic (exact) mass is 281 g/mol. The Kier molecular flexibility index (Phi) is 8.26. The normalized spacial score (nSPS) is 11.1. The number of benzene rings is 1. The third-order valence-corrected chi connectivity index (χ3v) is 3.39. The van der Waals surface area contributed by atoms with Gasteiger partial charge in [-0.15, -0.1) is 0 Å². The van der Waals surface area contributed by atoms with Crippen LogP contribution in [0.5, 0.6) is 5.75 Å². The van der Waals surface area contributed by atoms with Gasteiger partial charge in [-0.05, 0) is 43.5 Å². The van der Waals surface area contributed by atoms with E-state index in [4.69, 9.17) is 14.6 Å². The molecule has 1 rings (SSSR count). The summed E-state index contributed by atoms with van der Waals surface area (Å²) in [5, 5.41) is 9.01. The molecule has 0 aliphatic carbocycles. The number of aliphatic hydroxyl groups excluding tert-OH is 1. The molecule has 0 spiro atoms. The first-order chi connectivity index (χ1) is 9.67. The topological polar surface area (TPSA) is 41.9 Å². The highest BCUT2D eigenvalue weighted by Crippen LogP contribution is 2.16. The van der Waals surface area contributed by atoms with Crippen LogP contribution in [0.25, 0.3) is 0 Å². The van der Waals surface area contributed by atoms with Gasteiger partial charge in [-0.1, -0.05) is 6.07 Å². The number of methoxy groups -OCH3 is 1. The second kappa shape index (κ2) is 9.75. The maximum atomic E-state index is 9.01. The minimum absolute atomic E-state index is 0.182. The molecule has 114 valence electrons. The van der Waals surface area contributed by atoms with Crippen molar-refractivity contribution in [2.45, 2.75) is 20.3 Å². The van der Waals surface area contributed by atoms with Gasteiger partial charge >= 0.3 is 0 Å². The van der Waals surface area contributed by atoms with E-state index in [0.717, 1.165) is 25.3 Å². The summed E-state index contributed by atoms with van der Waals surface area (Å²) in [6.45, 7) is 8.21. The van der Waals surface area contributed by atoms with E-state index in [1.165, 1.54) is 11.1 Å². The lowest BCUT2D eigenvalue weighted by Crippen LogP contribution is -2.32. The van der Waals surface area contributed by atoms with Gasteiger partial charge in [-0.2, -0.15) is 0 Å². The molecule has 0 radical (unpaired) electrons. The smallest absolute Gasteiger partial charge is 0.119 e. The molecule has 1 aromatic carbocycles. The first kappa shape index (κ1) is 17.0. The Labute approximate surface area is 122 Å². The first-order valence-electron chi connectivity index (χ1n) is 7.19. The Morgan fingerprint density at radius 3 is 2.50 bits per heavy atom. The van der Waals surface area contributed by atoms with Crippen molar-refractivity contribution in [3.63, 3.8) is 0 Å². The zero-order chi connectivity index (χ0) is 14.8. The third-order valence-electron chi connectivity index (χ3n) is 3.39. The molecular formula is C16H27NO3. The zero-order valence-electron chi connectivity index (χ0n) is 12.9. The van der Waals surface area contributed by atoms with Gasteiger partial charge in [-0.25, -0.2) is 0 Å². The number of rotatable bonds is 10. The van der Waals surface area contributed by atoms with Gasteiger partial charge in [0.15, 0.2) is 0 Å². The summed E-state index contributed by atoms with van der Waals surface area (Å²) in [4.78, 5) is 2.19. The van der Waals surface area contributed by atoms with Crippen LogP contribution in [0.1, 0.15) is 17.5 Å². The van der Waals surface area contributed by atoms with Gasteiger partial charge in [0.2, 0.25) is 0 Å². The van der Waals surface area contributed by atoms with Crippen LogP contribution < -0.4 is 4.74 Å². The second-order valence-corrected chi connectivity index (χ2v) is 5.01. The van der Waals surface area contributed by atoms with Crippen LogP contribution in [0.4, 0.5) is 0 Å². The molecule has 0 bridgehead atoms. The van der Waals surface area contributed by atoms with Crippen LogP contribution in [-0.4, -0.2) is 56.6 Å². The van der Waals surface area contributed by atoms with E-state index in [2.05, 4.69) is 30.9 Å². The summed E-state index contributed by atoms with van der Waals surface area (Å²) in [5.74, 6) is 0.929. The summed E-state index contributed by atoms with van der Waals surface area (Å²) in [5.41, 5.74) is 2.54. The highest BCUT2D eigenvalue weighted by molar-refractivity contribution is 5.33.